The van der Waals surface area contributed by atoms with Crippen LogP contribution in [-0.2, 0) is 0 Å². The van der Waals surface area contributed by atoms with E-state index in [0.717, 1.165) is 31.9 Å². The monoisotopic (exact) mass is 210 g/mol. The van der Waals surface area contributed by atoms with Gasteiger partial charge in [0.1, 0.15) is 5.83 Å². The molecule has 1 aliphatic heterocycles. The molecule has 1 heterocycles. The molecule has 1 fully saturated rings. The largest absolute Gasteiger partial charge is 0.369 e. The van der Waals surface area contributed by atoms with Crippen molar-refractivity contribution in [3.05, 3.63) is 35.8 Å². The summed E-state index contributed by atoms with van der Waals surface area (Å²) in [6.45, 7) is 11.0. The fourth-order valence-corrected chi connectivity index (χ4v) is 1.76. The summed E-state index contributed by atoms with van der Waals surface area (Å²) in [6.07, 6.45) is 3.23. The normalized spacial score (nSPS) is 19.9. The van der Waals surface area contributed by atoms with Gasteiger partial charge in [0.25, 0.3) is 0 Å². The Morgan fingerprint density at radius 2 is 2.00 bits per heavy atom. The average molecular weight is 210 g/mol. The number of piperazine rings is 1. The van der Waals surface area contributed by atoms with Gasteiger partial charge in [-0.2, -0.15) is 0 Å². The van der Waals surface area contributed by atoms with Gasteiger partial charge in [0, 0.05) is 37.4 Å². The van der Waals surface area contributed by atoms with E-state index in [1.165, 1.54) is 6.08 Å². The fourth-order valence-electron chi connectivity index (χ4n) is 1.76. The number of halogens is 1. The number of nitrogens with one attached hydrogen (secondary N) is 1. The van der Waals surface area contributed by atoms with E-state index in [1.54, 1.807) is 19.9 Å². The number of hydrogen-bond donors (Lipinski definition) is 1. The zero-order valence-corrected chi connectivity index (χ0v) is 9.52. The van der Waals surface area contributed by atoms with Crippen molar-refractivity contribution in [1.82, 2.24) is 10.2 Å². The minimum atomic E-state index is -0.163. The van der Waals surface area contributed by atoms with Crippen LogP contribution in [0.4, 0.5) is 4.39 Å². The zero-order chi connectivity index (χ0) is 11.3. The first kappa shape index (κ1) is 12.0. The molecule has 0 aromatic heterocycles. The minimum Gasteiger partial charge on any atom is -0.369 e. The second-order valence-corrected chi connectivity index (χ2v) is 3.59. The van der Waals surface area contributed by atoms with Gasteiger partial charge in [0.05, 0.1) is 0 Å². The van der Waals surface area contributed by atoms with E-state index in [2.05, 4.69) is 16.8 Å². The topological polar surface area (TPSA) is 15.3 Å². The zero-order valence-electron chi connectivity index (χ0n) is 9.52. The van der Waals surface area contributed by atoms with Crippen LogP contribution in [-0.4, -0.2) is 31.1 Å². The molecule has 0 aromatic carbocycles. The van der Waals surface area contributed by atoms with Crippen LogP contribution in [0.15, 0.2) is 35.8 Å². The molecule has 1 aliphatic rings. The lowest BCUT2D eigenvalue weighted by atomic mass is 10.1. The van der Waals surface area contributed by atoms with Gasteiger partial charge in [0.2, 0.25) is 0 Å². The van der Waals surface area contributed by atoms with Crippen LogP contribution in [0.25, 0.3) is 0 Å². The highest BCUT2D eigenvalue weighted by Crippen LogP contribution is 2.19. The van der Waals surface area contributed by atoms with Gasteiger partial charge in [-0.3, -0.25) is 0 Å². The molecule has 0 aromatic rings. The van der Waals surface area contributed by atoms with Crippen molar-refractivity contribution in [3.8, 4) is 0 Å². The molecule has 84 valence electrons. The van der Waals surface area contributed by atoms with Crippen LogP contribution >= 0.6 is 0 Å². The Morgan fingerprint density at radius 3 is 2.47 bits per heavy atom. The van der Waals surface area contributed by atoms with Crippen LogP contribution in [0.2, 0.25) is 0 Å². The lowest BCUT2D eigenvalue weighted by Crippen LogP contribution is -2.42. The summed E-state index contributed by atoms with van der Waals surface area (Å²) in [4.78, 5) is 2.17. The van der Waals surface area contributed by atoms with Crippen molar-refractivity contribution in [3.63, 3.8) is 0 Å². The second kappa shape index (κ2) is 5.71. The third-order valence-corrected chi connectivity index (χ3v) is 2.65. The van der Waals surface area contributed by atoms with Crippen molar-refractivity contribution in [2.75, 3.05) is 26.2 Å². The lowest BCUT2D eigenvalue weighted by Gasteiger charge is -2.31. The maximum absolute atomic E-state index is 13.4. The molecular weight excluding hydrogens is 191 g/mol. The van der Waals surface area contributed by atoms with E-state index < -0.39 is 0 Å². The first-order valence-corrected chi connectivity index (χ1v) is 5.32. The molecule has 1 N–H and O–H groups in total. The highest BCUT2D eigenvalue weighted by Gasteiger charge is 2.14. The van der Waals surface area contributed by atoms with Crippen molar-refractivity contribution < 1.29 is 4.39 Å². The molecule has 0 bridgehead atoms. The van der Waals surface area contributed by atoms with Crippen LogP contribution in [0.3, 0.4) is 0 Å². The number of nitrogens with zero attached hydrogens (tertiary/aromatic N) is 1. The molecule has 15 heavy (non-hydrogen) atoms. The predicted octanol–water partition coefficient (Wildman–Crippen LogP) is 2.22. The third-order valence-electron chi connectivity index (χ3n) is 2.65. The van der Waals surface area contributed by atoms with Crippen LogP contribution in [0.5, 0.6) is 0 Å². The van der Waals surface area contributed by atoms with E-state index in [4.69, 9.17) is 0 Å². The summed E-state index contributed by atoms with van der Waals surface area (Å²) in [6, 6.07) is 0. The van der Waals surface area contributed by atoms with Gasteiger partial charge in [-0.05, 0) is 19.9 Å². The number of hydrogen-bond acceptors (Lipinski definition) is 2. The first-order valence-electron chi connectivity index (χ1n) is 5.32. The third kappa shape index (κ3) is 2.93. The van der Waals surface area contributed by atoms with E-state index >= 15 is 0 Å². The molecule has 2 nitrogen and oxygen atoms in total. The Labute approximate surface area is 91.2 Å². The molecule has 0 atom stereocenters. The van der Waals surface area contributed by atoms with E-state index in [-0.39, 0.29) is 5.83 Å². The summed E-state index contributed by atoms with van der Waals surface area (Å²) in [5.74, 6) is -0.163. The fraction of sp³-hybridized carbons (Fsp3) is 0.500. The highest BCUT2D eigenvalue weighted by molar-refractivity contribution is 5.33. The summed E-state index contributed by atoms with van der Waals surface area (Å²) >= 11 is 0. The Bertz CT molecular complexity index is 286. The summed E-state index contributed by atoms with van der Waals surface area (Å²) < 4.78 is 13.4. The maximum atomic E-state index is 13.4. The Hall–Kier alpha value is -1.09. The predicted molar refractivity (Wildman–Crippen MR) is 62.2 cm³/mol. The summed E-state index contributed by atoms with van der Waals surface area (Å²) in [5.41, 5.74) is 1.58. The Morgan fingerprint density at radius 1 is 1.40 bits per heavy atom. The molecular formula is C12H19FN2. The molecule has 0 aliphatic carbocycles. The molecule has 0 spiro atoms. The van der Waals surface area contributed by atoms with E-state index in [9.17, 15) is 4.39 Å². The molecule has 1 saturated heterocycles. The molecule has 0 saturated carbocycles. The SMILES string of the molecule is C=C/C(=C(C)\C(F)=C/C)N1CCNCC1. The van der Waals surface area contributed by atoms with Crippen molar-refractivity contribution in [2.45, 2.75) is 13.8 Å². The van der Waals surface area contributed by atoms with Crippen LogP contribution in [0, 0.1) is 0 Å². The lowest BCUT2D eigenvalue weighted by molar-refractivity contribution is 0.304. The van der Waals surface area contributed by atoms with Crippen LogP contribution in [0.1, 0.15) is 13.8 Å². The quantitative estimate of drug-likeness (QED) is 0.719. The van der Waals surface area contributed by atoms with Crippen molar-refractivity contribution in [1.29, 1.82) is 0 Å². The summed E-state index contributed by atoms with van der Waals surface area (Å²) in [7, 11) is 0. The highest BCUT2D eigenvalue weighted by atomic mass is 19.1. The Kier molecular flexibility index (Phi) is 4.56. The smallest absolute Gasteiger partial charge is 0.123 e. The van der Waals surface area contributed by atoms with E-state index in [0.29, 0.717) is 5.57 Å². The molecule has 0 unspecified atom stereocenters. The summed E-state index contributed by atoms with van der Waals surface area (Å²) in [5, 5.41) is 3.27. The van der Waals surface area contributed by atoms with Crippen LogP contribution < -0.4 is 5.32 Å². The Balaban J connectivity index is 2.89. The van der Waals surface area contributed by atoms with Gasteiger partial charge < -0.3 is 10.2 Å². The van der Waals surface area contributed by atoms with Crippen molar-refractivity contribution >= 4 is 0 Å². The van der Waals surface area contributed by atoms with Gasteiger partial charge in [-0.15, -0.1) is 0 Å². The number of rotatable bonds is 3. The molecule has 0 radical (unpaired) electrons. The van der Waals surface area contributed by atoms with Gasteiger partial charge in [-0.25, -0.2) is 4.39 Å². The number of allylic oxidation sites excluding steroid dienone is 4. The first-order chi connectivity index (χ1) is 7.20. The molecule has 0 amide bonds. The average Bonchev–Trinajstić information content (AvgIpc) is 2.30. The molecule has 1 rings (SSSR count). The van der Waals surface area contributed by atoms with Gasteiger partial charge >= 0.3 is 0 Å². The molecule has 3 heteroatoms. The maximum Gasteiger partial charge on any atom is 0.123 e. The van der Waals surface area contributed by atoms with Crippen molar-refractivity contribution in [2.24, 2.45) is 0 Å². The standard InChI is InChI=1S/C12H19FN2/c1-4-11(13)10(3)12(5-2)15-8-6-14-7-9-15/h4-5,14H,2,6-9H2,1,3H3/b11-4+,12-10+. The minimum absolute atomic E-state index is 0.163. The van der Waals surface area contributed by atoms with E-state index in [1.807, 2.05) is 0 Å². The second-order valence-electron chi connectivity index (χ2n) is 3.59. The van der Waals surface area contributed by atoms with Gasteiger partial charge in [0.15, 0.2) is 0 Å². The van der Waals surface area contributed by atoms with Gasteiger partial charge in [-0.1, -0.05) is 12.7 Å².